The second-order valence-corrected chi connectivity index (χ2v) is 8.69. The third-order valence-corrected chi connectivity index (χ3v) is 4.83. The largest absolute Gasteiger partial charge is 0.491 e. The van der Waals surface area contributed by atoms with Gasteiger partial charge >= 0.3 is 0 Å². The minimum absolute atomic E-state index is 0.00983. The Kier molecular flexibility index (Phi) is 10.6. The van der Waals surface area contributed by atoms with Gasteiger partial charge in [-0.3, -0.25) is 4.90 Å². The number of alkyl halides is 1. The highest BCUT2D eigenvalue weighted by Crippen LogP contribution is 2.25. The van der Waals surface area contributed by atoms with E-state index in [1.165, 1.54) is 5.56 Å². The monoisotopic (exact) mass is 429 g/mol. The fourth-order valence-corrected chi connectivity index (χ4v) is 3.31. The maximum Gasteiger partial charge on any atom is 0.120 e. The van der Waals surface area contributed by atoms with Gasteiger partial charge in [0.2, 0.25) is 0 Å². The second-order valence-electron chi connectivity index (χ2n) is 7.91. The first-order valence-electron chi connectivity index (χ1n) is 10.3. The van der Waals surface area contributed by atoms with Gasteiger partial charge < -0.3 is 9.47 Å². The van der Waals surface area contributed by atoms with E-state index in [1.807, 2.05) is 35.3 Å². The SMILES string of the molecule is CC(C)(C)C#C/C=C/CN(CCF)CCOCCOc1cccc(-c2ccsc2)c1. The van der Waals surface area contributed by atoms with Gasteiger partial charge in [-0.2, -0.15) is 11.3 Å². The number of allylic oxidation sites excluding steroid dienone is 1. The molecule has 0 aliphatic rings. The average Bonchev–Trinajstić information content (AvgIpc) is 3.24. The van der Waals surface area contributed by atoms with Crippen molar-refractivity contribution < 1.29 is 13.9 Å². The van der Waals surface area contributed by atoms with Gasteiger partial charge in [-0.05, 0) is 66.9 Å². The normalized spacial score (nSPS) is 11.6. The molecule has 0 spiro atoms. The molecule has 0 saturated heterocycles. The first kappa shape index (κ1) is 24.1. The van der Waals surface area contributed by atoms with Gasteiger partial charge in [0.25, 0.3) is 0 Å². The molecule has 2 aromatic rings. The molecule has 0 aliphatic carbocycles. The number of benzene rings is 1. The van der Waals surface area contributed by atoms with E-state index >= 15 is 0 Å². The molecule has 0 fully saturated rings. The van der Waals surface area contributed by atoms with Crippen LogP contribution in [-0.2, 0) is 4.74 Å². The molecular formula is C25H32FNO2S. The standard InChI is InChI=1S/C25H32FNO2S/c1-25(2,3)11-5-4-6-13-27(14-12-26)15-16-28-17-18-29-24-9-7-8-22(20-24)23-10-19-30-21-23/h4,6-10,19-21H,12-18H2,1-3H3/b6-4+. The van der Waals surface area contributed by atoms with E-state index in [0.717, 1.165) is 11.3 Å². The van der Waals surface area contributed by atoms with Crippen molar-refractivity contribution in [2.24, 2.45) is 5.41 Å². The summed E-state index contributed by atoms with van der Waals surface area (Å²) in [7, 11) is 0. The molecule has 0 atom stereocenters. The van der Waals surface area contributed by atoms with Crippen LogP contribution in [0.25, 0.3) is 11.1 Å². The summed E-state index contributed by atoms with van der Waals surface area (Å²) in [6, 6.07) is 10.2. The summed E-state index contributed by atoms with van der Waals surface area (Å²) in [5, 5.41) is 4.19. The average molecular weight is 430 g/mol. The van der Waals surface area contributed by atoms with Crippen LogP contribution < -0.4 is 4.74 Å². The fourth-order valence-electron chi connectivity index (χ4n) is 2.64. The summed E-state index contributed by atoms with van der Waals surface area (Å²) in [6.45, 7) is 9.11. The second kappa shape index (κ2) is 13.2. The van der Waals surface area contributed by atoms with Crippen molar-refractivity contribution >= 4 is 11.3 Å². The van der Waals surface area contributed by atoms with Crippen LogP contribution in [0, 0.1) is 17.3 Å². The zero-order valence-corrected chi connectivity index (χ0v) is 19.0. The van der Waals surface area contributed by atoms with E-state index in [-0.39, 0.29) is 12.1 Å². The van der Waals surface area contributed by atoms with Crippen molar-refractivity contribution in [1.29, 1.82) is 0 Å². The van der Waals surface area contributed by atoms with Gasteiger partial charge in [-0.1, -0.05) is 30.0 Å². The molecule has 2 rings (SSSR count). The lowest BCUT2D eigenvalue weighted by Gasteiger charge is -2.18. The molecule has 5 heteroatoms. The Bertz CT molecular complexity index is 816. The number of rotatable bonds is 12. The lowest BCUT2D eigenvalue weighted by molar-refractivity contribution is 0.0808. The van der Waals surface area contributed by atoms with Gasteiger partial charge in [-0.25, -0.2) is 4.39 Å². The highest BCUT2D eigenvalue weighted by Gasteiger charge is 2.04. The van der Waals surface area contributed by atoms with E-state index in [0.29, 0.717) is 39.5 Å². The molecule has 0 unspecified atom stereocenters. The number of ether oxygens (including phenoxy) is 2. The number of hydrogen-bond donors (Lipinski definition) is 0. The summed E-state index contributed by atoms with van der Waals surface area (Å²) in [4.78, 5) is 2.01. The quantitative estimate of drug-likeness (QED) is 0.320. The zero-order valence-electron chi connectivity index (χ0n) is 18.2. The number of hydrogen-bond acceptors (Lipinski definition) is 4. The first-order chi connectivity index (χ1) is 14.5. The zero-order chi connectivity index (χ0) is 21.7. The Balaban J connectivity index is 1.65. The van der Waals surface area contributed by atoms with E-state index in [9.17, 15) is 4.39 Å². The Morgan fingerprint density at radius 2 is 1.97 bits per heavy atom. The molecule has 0 radical (unpaired) electrons. The number of nitrogens with zero attached hydrogens (tertiary/aromatic N) is 1. The van der Waals surface area contributed by atoms with E-state index < -0.39 is 0 Å². The van der Waals surface area contributed by atoms with E-state index in [1.54, 1.807) is 11.3 Å². The van der Waals surface area contributed by atoms with Crippen molar-refractivity contribution in [2.75, 3.05) is 46.1 Å². The number of halogens is 1. The highest BCUT2D eigenvalue weighted by atomic mass is 32.1. The van der Waals surface area contributed by atoms with E-state index in [4.69, 9.17) is 9.47 Å². The molecule has 0 aliphatic heterocycles. The van der Waals surface area contributed by atoms with Crippen molar-refractivity contribution in [2.45, 2.75) is 20.8 Å². The molecule has 1 aromatic heterocycles. The molecule has 0 bridgehead atoms. The Morgan fingerprint density at radius 1 is 1.10 bits per heavy atom. The van der Waals surface area contributed by atoms with Crippen LogP contribution >= 0.6 is 11.3 Å². The van der Waals surface area contributed by atoms with Gasteiger partial charge in [-0.15, -0.1) is 0 Å². The summed E-state index contributed by atoms with van der Waals surface area (Å²) in [5.41, 5.74) is 2.34. The number of thiophene rings is 1. The van der Waals surface area contributed by atoms with Crippen LogP contribution in [0.15, 0.2) is 53.2 Å². The maximum atomic E-state index is 12.8. The smallest absolute Gasteiger partial charge is 0.120 e. The molecule has 1 heterocycles. The summed E-state index contributed by atoms with van der Waals surface area (Å²) < 4.78 is 24.2. The lowest BCUT2D eigenvalue weighted by atomic mass is 9.98. The first-order valence-corrected chi connectivity index (χ1v) is 11.2. The van der Waals surface area contributed by atoms with Crippen LogP contribution in [0.2, 0.25) is 0 Å². The van der Waals surface area contributed by atoms with Crippen LogP contribution in [0.3, 0.4) is 0 Å². The maximum absolute atomic E-state index is 12.8. The van der Waals surface area contributed by atoms with E-state index in [2.05, 4.69) is 55.5 Å². The van der Waals surface area contributed by atoms with Crippen molar-refractivity contribution in [3.63, 3.8) is 0 Å². The molecule has 0 saturated carbocycles. The molecule has 3 nitrogen and oxygen atoms in total. The fraction of sp³-hybridized carbons (Fsp3) is 0.440. The molecule has 162 valence electrons. The van der Waals surface area contributed by atoms with Crippen molar-refractivity contribution in [3.05, 3.63) is 53.2 Å². The predicted molar refractivity (Wildman–Crippen MR) is 125 cm³/mol. The third kappa shape index (κ3) is 10.1. The van der Waals surface area contributed by atoms with Crippen LogP contribution in [0.4, 0.5) is 4.39 Å². The predicted octanol–water partition coefficient (Wildman–Crippen LogP) is 5.69. The highest BCUT2D eigenvalue weighted by molar-refractivity contribution is 7.08. The van der Waals surface area contributed by atoms with Gasteiger partial charge in [0.1, 0.15) is 19.0 Å². The van der Waals surface area contributed by atoms with Crippen LogP contribution in [0.1, 0.15) is 20.8 Å². The Morgan fingerprint density at radius 3 is 2.70 bits per heavy atom. The summed E-state index contributed by atoms with van der Waals surface area (Å²) >= 11 is 1.68. The van der Waals surface area contributed by atoms with Crippen molar-refractivity contribution in [1.82, 2.24) is 4.90 Å². The molecule has 0 N–H and O–H groups in total. The Labute approximate surface area is 184 Å². The van der Waals surface area contributed by atoms with Gasteiger partial charge in [0.15, 0.2) is 0 Å². The lowest BCUT2D eigenvalue weighted by Crippen LogP contribution is -2.30. The van der Waals surface area contributed by atoms with Crippen LogP contribution in [0.5, 0.6) is 5.75 Å². The molecule has 1 aromatic carbocycles. The molecule has 0 amide bonds. The minimum Gasteiger partial charge on any atom is -0.491 e. The van der Waals surface area contributed by atoms with Gasteiger partial charge in [0.05, 0.1) is 13.2 Å². The molecule has 30 heavy (non-hydrogen) atoms. The molecular weight excluding hydrogens is 397 g/mol. The third-order valence-electron chi connectivity index (χ3n) is 4.15. The van der Waals surface area contributed by atoms with Crippen LogP contribution in [-0.4, -0.2) is 51.0 Å². The topological polar surface area (TPSA) is 21.7 Å². The summed E-state index contributed by atoms with van der Waals surface area (Å²) in [6.07, 6.45) is 3.81. The van der Waals surface area contributed by atoms with Crippen molar-refractivity contribution in [3.8, 4) is 28.7 Å². The minimum atomic E-state index is -0.370. The Hall–Kier alpha value is -2.13. The van der Waals surface area contributed by atoms with Gasteiger partial charge in [0, 0.05) is 25.0 Å². The summed E-state index contributed by atoms with van der Waals surface area (Å²) in [5.74, 6) is 7.02.